The van der Waals surface area contributed by atoms with Gasteiger partial charge in [-0.2, -0.15) is 0 Å². The van der Waals surface area contributed by atoms with Gasteiger partial charge in [-0.25, -0.2) is 0 Å². The maximum absolute atomic E-state index is 3.46. The van der Waals surface area contributed by atoms with Crippen molar-refractivity contribution in [1.29, 1.82) is 0 Å². The summed E-state index contributed by atoms with van der Waals surface area (Å²) >= 11 is 1.79. The third-order valence-electron chi connectivity index (χ3n) is 2.83. The van der Waals surface area contributed by atoms with E-state index in [1.165, 1.54) is 21.3 Å². The second-order valence-corrected chi connectivity index (χ2v) is 5.11. The number of hydrogen-bond acceptors (Lipinski definition) is 2. The van der Waals surface area contributed by atoms with Gasteiger partial charge in [0.05, 0.1) is 0 Å². The Morgan fingerprint density at radius 2 is 2.12 bits per heavy atom. The number of fused-ring (bicyclic) bond motifs is 1. The van der Waals surface area contributed by atoms with Gasteiger partial charge in [0.2, 0.25) is 0 Å². The van der Waals surface area contributed by atoms with Gasteiger partial charge in [0, 0.05) is 29.7 Å². The maximum atomic E-state index is 3.46. The van der Waals surface area contributed by atoms with Crippen LogP contribution in [-0.4, -0.2) is 4.98 Å². The predicted octanol–water partition coefficient (Wildman–Crippen LogP) is 3.52. The largest absolute Gasteiger partial charge is 0.361 e. The summed E-state index contributed by atoms with van der Waals surface area (Å²) in [4.78, 5) is 4.59. The minimum Gasteiger partial charge on any atom is -0.361 e. The second-order valence-electron chi connectivity index (χ2n) is 4.08. The van der Waals surface area contributed by atoms with Crippen molar-refractivity contribution in [2.24, 2.45) is 0 Å². The van der Waals surface area contributed by atoms with Crippen molar-refractivity contribution < 1.29 is 0 Å². The standard InChI is InChI=1S/C14H14N2S/c1-2-13(17-7-1)10-15-9-11-3-4-14-12(8-11)5-6-16-14/h1-8,15-16H,9-10H2. The van der Waals surface area contributed by atoms with E-state index in [1.807, 2.05) is 6.20 Å². The quantitative estimate of drug-likeness (QED) is 0.720. The summed E-state index contributed by atoms with van der Waals surface area (Å²) in [5.74, 6) is 0. The number of nitrogens with one attached hydrogen (secondary N) is 2. The van der Waals surface area contributed by atoms with Crippen LogP contribution in [0.4, 0.5) is 0 Å². The maximum Gasteiger partial charge on any atom is 0.0454 e. The van der Waals surface area contributed by atoms with E-state index in [1.54, 1.807) is 11.3 Å². The first kappa shape index (κ1) is 10.6. The average molecular weight is 242 g/mol. The Morgan fingerprint density at radius 1 is 1.12 bits per heavy atom. The molecule has 0 saturated heterocycles. The van der Waals surface area contributed by atoms with E-state index in [4.69, 9.17) is 0 Å². The van der Waals surface area contributed by atoms with Crippen LogP contribution in [0.25, 0.3) is 10.9 Å². The molecule has 2 heterocycles. The summed E-state index contributed by atoms with van der Waals surface area (Å²) in [6.07, 6.45) is 1.98. The van der Waals surface area contributed by atoms with E-state index in [-0.39, 0.29) is 0 Å². The van der Waals surface area contributed by atoms with Crippen LogP contribution in [0.5, 0.6) is 0 Å². The molecule has 3 rings (SSSR count). The summed E-state index contributed by atoms with van der Waals surface area (Å²) in [5.41, 5.74) is 2.53. The van der Waals surface area contributed by atoms with Crippen molar-refractivity contribution >= 4 is 22.2 Å². The molecule has 1 aromatic carbocycles. The summed E-state index contributed by atoms with van der Waals surface area (Å²) in [5, 5.41) is 6.85. The lowest BCUT2D eigenvalue weighted by atomic mass is 10.1. The fourth-order valence-electron chi connectivity index (χ4n) is 1.96. The zero-order valence-corrected chi connectivity index (χ0v) is 10.3. The zero-order chi connectivity index (χ0) is 11.5. The molecule has 2 aromatic heterocycles. The van der Waals surface area contributed by atoms with Gasteiger partial charge in [0.25, 0.3) is 0 Å². The molecule has 0 unspecified atom stereocenters. The number of aromatic amines is 1. The normalized spacial score (nSPS) is 11.1. The van der Waals surface area contributed by atoms with Crippen molar-refractivity contribution in [3.63, 3.8) is 0 Å². The monoisotopic (exact) mass is 242 g/mol. The van der Waals surface area contributed by atoms with E-state index in [9.17, 15) is 0 Å². The Balaban J connectivity index is 1.64. The lowest BCUT2D eigenvalue weighted by Gasteiger charge is -2.03. The van der Waals surface area contributed by atoms with Gasteiger partial charge < -0.3 is 10.3 Å². The van der Waals surface area contributed by atoms with Crippen LogP contribution in [0.15, 0.2) is 48.0 Å². The van der Waals surface area contributed by atoms with Crippen LogP contribution in [0, 0.1) is 0 Å². The second kappa shape index (κ2) is 4.73. The average Bonchev–Trinajstić information content (AvgIpc) is 2.98. The molecule has 17 heavy (non-hydrogen) atoms. The van der Waals surface area contributed by atoms with Gasteiger partial charge >= 0.3 is 0 Å². The first-order valence-corrected chi connectivity index (χ1v) is 6.59. The molecule has 0 radical (unpaired) electrons. The van der Waals surface area contributed by atoms with Crippen LogP contribution >= 0.6 is 11.3 Å². The molecule has 0 amide bonds. The van der Waals surface area contributed by atoms with Gasteiger partial charge in [-0.1, -0.05) is 12.1 Å². The van der Waals surface area contributed by atoms with E-state index < -0.39 is 0 Å². The van der Waals surface area contributed by atoms with Crippen molar-refractivity contribution in [3.8, 4) is 0 Å². The highest BCUT2D eigenvalue weighted by Crippen LogP contribution is 2.14. The summed E-state index contributed by atoms with van der Waals surface area (Å²) in [6, 6.07) is 12.9. The molecule has 0 aliphatic rings. The number of H-pyrrole nitrogens is 1. The van der Waals surface area contributed by atoms with Gasteiger partial charge in [-0.15, -0.1) is 11.3 Å². The first-order valence-electron chi connectivity index (χ1n) is 5.71. The van der Waals surface area contributed by atoms with Crippen LogP contribution in [0.2, 0.25) is 0 Å². The molecule has 3 aromatic rings. The van der Waals surface area contributed by atoms with Gasteiger partial charge in [-0.3, -0.25) is 0 Å². The number of aromatic nitrogens is 1. The topological polar surface area (TPSA) is 27.8 Å². The molecule has 2 nitrogen and oxygen atoms in total. The highest BCUT2D eigenvalue weighted by Gasteiger charge is 1.98. The predicted molar refractivity (Wildman–Crippen MR) is 73.2 cm³/mol. The number of benzene rings is 1. The van der Waals surface area contributed by atoms with Crippen molar-refractivity contribution in [2.75, 3.05) is 0 Å². The Morgan fingerprint density at radius 3 is 3.00 bits per heavy atom. The minimum atomic E-state index is 0.916. The number of thiophene rings is 1. The van der Waals surface area contributed by atoms with Crippen LogP contribution in [0.1, 0.15) is 10.4 Å². The SMILES string of the molecule is c1csc(CNCc2ccc3[nH]ccc3c2)c1. The molecule has 86 valence electrons. The lowest BCUT2D eigenvalue weighted by molar-refractivity contribution is 0.701. The fourth-order valence-corrected chi connectivity index (χ4v) is 2.63. The highest BCUT2D eigenvalue weighted by molar-refractivity contribution is 7.09. The Bertz CT molecular complexity index is 596. The molecule has 3 heteroatoms. The Labute approximate surface area is 104 Å². The van der Waals surface area contributed by atoms with Gasteiger partial charge in [0.15, 0.2) is 0 Å². The summed E-state index contributed by atoms with van der Waals surface area (Å²) in [7, 11) is 0. The van der Waals surface area contributed by atoms with E-state index in [0.29, 0.717) is 0 Å². The highest BCUT2D eigenvalue weighted by atomic mass is 32.1. The Hall–Kier alpha value is -1.58. The van der Waals surface area contributed by atoms with Gasteiger partial charge in [-0.05, 0) is 40.6 Å². The van der Waals surface area contributed by atoms with Crippen LogP contribution < -0.4 is 5.32 Å². The van der Waals surface area contributed by atoms with E-state index in [0.717, 1.165) is 13.1 Å². The summed E-state index contributed by atoms with van der Waals surface area (Å²) < 4.78 is 0. The minimum absolute atomic E-state index is 0.916. The fraction of sp³-hybridized carbons (Fsp3) is 0.143. The molecule has 0 saturated carbocycles. The molecule has 0 fully saturated rings. The Kier molecular flexibility index (Phi) is 2.94. The molecule has 0 aliphatic carbocycles. The molecular formula is C14H14N2S. The number of rotatable bonds is 4. The third kappa shape index (κ3) is 2.40. The lowest BCUT2D eigenvalue weighted by Crippen LogP contribution is -2.11. The van der Waals surface area contributed by atoms with Crippen molar-refractivity contribution in [3.05, 3.63) is 58.4 Å². The molecule has 0 aliphatic heterocycles. The smallest absolute Gasteiger partial charge is 0.0454 e. The molecule has 0 spiro atoms. The van der Waals surface area contributed by atoms with Crippen LogP contribution in [-0.2, 0) is 13.1 Å². The van der Waals surface area contributed by atoms with Crippen LogP contribution in [0.3, 0.4) is 0 Å². The number of hydrogen-bond donors (Lipinski definition) is 2. The zero-order valence-electron chi connectivity index (χ0n) is 9.44. The van der Waals surface area contributed by atoms with E-state index in [2.05, 4.69) is 52.1 Å². The third-order valence-corrected chi connectivity index (χ3v) is 3.70. The summed E-state index contributed by atoms with van der Waals surface area (Å²) in [6.45, 7) is 1.86. The van der Waals surface area contributed by atoms with Gasteiger partial charge in [0.1, 0.15) is 0 Å². The molecule has 2 N–H and O–H groups in total. The van der Waals surface area contributed by atoms with E-state index >= 15 is 0 Å². The first-order chi connectivity index (χ1) is 8.42. The molecule has 0 bridgehead atoms. The van der Waals surface area contributed by atoms with Crippen molar-refractivity contribution in [1.82, 2.24) is 10.3 Å². The molecular weight excluding hydrogens is 228 g/mol. The molecule has 0 atom stereocenters. The van der Waals surface area contributed by atoms with Crippen molar-refractivity contribution in [2.45, 2.75) is 13.1 Å².